The van der Waals surface area contributed by atoms with Crippen LogP contribution in [-0.2, 0) is 11.6 Å². The second-order valence-electron chi connectivity index (χ2n) is 4.67. The summed E-state index contributed by atoms with van der Waals surface area (Å²) in [5.41, 5.74) is 1.92. The molecule has 1 aromatic rings. The molecule has 88 valence electrons. The van der Waals surface area contributed by atoms with Gasteiger partial charge in [-0.25, -0.2) is 0 Å². The smallest absolute Gasteiger partial charge is 0.258 e. The van der Waals surface area contributed by atoms with Crippen molar-refractivity contribution in [1.82, 2.24) is 0 Å². The van der Waals surface area contributed by atoms with E-state index in [0.717, 1.165) is 23.5 Å². The standard InChI is InChI=1S/C11H15INO2P/c1-11(2,3)9-5-4-8(7-16-12)6-10(9)13(14)15/h4-6,16H,7H2,1-3H3. The molecule has 0 N–H and O–H groups in total. The molecular formula is C11H15INO2P. The fraction of sp³-hybridized carbons (Fsp3) is 0.455. The maximum absolute atomic E-state index is 11.0. The molecule has 5 heteroatoms. The van der Waals surface area contributed by atoms with Gasteiger partial charge in [0.1, 0.15) is 0 Å². The molecule has 0 bridgehead atoms. The van der Waals surface area contributed by atoms with E-state index in [1.165, 1.54) is 0 Å². The average molecular weight is 351 g/mol. The van der Waals surface area contributed by atoms with E-state index in [1.807, 2.05) is 32.9 Å². The van der Waals surface area contributed by atoms with Crippen LogP contribution in [0.4, 0.5) is 5.69 Å². The van der Waals surface area contributed by atoms with E-state index in [2.05, 4.69) is 22.0 Å². The van der Waals surface area contributed by atoms with E-state index in [1.54, 1.807) is 6.07 Å². The van der Waals surface area contributed by atoms with Crippen LogP contribution < -0.4 is 0 Å². The second kappa shape index (κ2) is 5.41. The number of benzene rings is 1. The first-order chi connectivity index (χ1) is 7.36. The number of nitrogens with zero attached hydrogens (tertiary/aromatic N) is 1. The third-order valence-corrected chi connectivity index (χ3v) is 4.02. The lowest BCUT2D eigenvalue weighted by atomic mass is 9.85. The molecule has 0 spiro atoms. The molecule has 0 aliphatic carbocycles. The lowest BCUT2D eigenvalue weighted by molar-refractivity contribution is -0.386. The van der Waals surface area contributed by atoms with Crippen molar-refractivity contribution in [2.24, 2.45) is 0 Å². The summed E-state index contributed by atoms with van der Waals surface area (Å²) in [4.78, 5) is 10.8. The Kier molecular flexibility index (Phi) is 4.68. The van der Waals surface area contributed by atoms with Crippen molar-refractivity contribution in [2.45, 2.75) is 32.3 Å². The average Bonchev–Trinajstić information content (AvgIpc) is 2.16. The van der Waals surface area contributed by atoms with Crippen LogP contribution in [0.2, 0.25) is 0 Å². The van der Waals surface area contributed by atoms with Crippen molar-refractivity contribution in [2.75, 3.05) is 0 Å². The first-order valence-electron chi connectivity index (χ1n) is 4.97. The van der Waals surface area contributed by atoms with E-state index < -0.39 is 0 Å². The SMILES string of the molecule is CC(C)(C)c1ccc(CPI)cc1[N+](=O)[O-]. The normalized spacial score (nSPS) is 12.2. The molecule has 16 heavy (non-hydrogen) atoms. The third-order valence-electron chi connectivity index (χ3n) is 2.34. The summed E-state index contributed by atoms with van der Waals surface area (Å²) >= 11 is 2.30. The molecule has 1 aromatic carbocycles. The first-order valence-corrected chi connectivity index (χ1v) is 9.29. The Bertz CT molecular complexity index is 401. The summed E-state index contributed by atoms with van der Waals surface area (Å²) < 4.78 is 0. The minimum Gasteiger partial charge on any atom is -0.258 e. The monoisotopic (exact) mass is 351 g/mol. The molecule has 0 aliphatic rings. The Balaban J connectivity index is 3.25. The topological polar surface area (TPSA) is 43.1 Å². The largest absolute Gasteiger partial charge is 0.273 e. The quantitative estimate of drug-likeness (QED) is 0.350. The zero-order chi connectivity index (χ0) is 12.3. The summed E-state index contributed by atoms with van der Waals surface area (Å²) in [5.74, 6) is 0. The fourth-order valence-electron chi connectivity index (χ4n) is 1.55. The molecule has 0 aliphatic heterocycles. The lowest BCUT2D eigenvalue weighted by Crippen LogP contribution is -2.13. The minimum atomic E-state index is -0.277. The van der Waals surface area contributed by atoms with E-state index >= 15 is 0 Å². The van der Waals surface area contributed by atoms with Gasteiger partial charge in [0.2, 0.25) is 0 Å². The number of nitro benzene ring substituents is 1. The van der Waals surface area contributed by atoms with Gasteiger partial charge in [-0.05, 0) is 17.1 Å². The van der Waals surface area contributed by atoms with E-state index in [0.29, 0.717) is 0 Å². The van der Waals surface area contributed by atoms with Gasteiger partial charge in [-0.15, -0.1) is 0 Å². The summed E-state index contributed by atoms with van der Waals surface area (Å²) in [6.07, 6.45) is 1.66. The van der Waals surface area contributed by atoms with Gasteiger partial charge in [0.15, 0.2) is 0 Å². The van der Waals surface area contributed by atoms with Crippen molar-refractivity contribution >= 4 is 34.0 Å². The molecule has 0 saturated carbocycles. The van der Waals surface area contributed by atoms with Crippen molar-refractivity contribution < 1.29 is 4.92 Å². The highest BCUT2D eigenvalue weighted by molar-refractivity contribution is 14.2. The second-order valence-corrected chi connectivity index (χ2v) is 7.58. The zero-order valence-electron chi connectivity index (χ0n) is 9.58. The van der Waals surface area contributed by atoms with Gasteiger partial charge >= 0.3 is 0 Å². The summed E-state index contributed by atoms with van der Waals surface area (Å²) in [5, 5.41) is 11.0. The van der Waals surface area contributed by atoms with Crippen LogP contribution in [-0.4, -0.2) is 4.92 Å². The van der Waals surface area contributed by atoms with Crippen LogP contribution in [0.3, 0.4) is 0 Å². The van der Waals surface area contributed by atoms with Crippen LogP contribution in [0.25, 0.3) is 0 Å². The molecule has 0 amide bonds. The van der Waals surface area contributed by atoms with Gasteiger partial charge in [-0.2, -0.15) is 0 Å². The van der Waals surface area contributed by atoms with E-state index in [4.69, 9.17) is 0 Å². The summed E-state index contributed by atoms with van der Waals surface area (Å²) in [6, 6.07) is 5.61. The number of hydrogen-bond acceptors (Lipinski definition) is 2. The first kappa shape index (κ1) is 13.8. The molecule has 3 nitrogen and oxygen atoms in total. The van der Waals surface area contributed by atoms with Crippen LogP contribution in [0.5, 0.6) is 0 Å². The molecule has 0 aromatic heterocycles. The molecule has 0 saturated heterocycles. The molecule has 0 heterocycles. The highest BCUT2D eigenvalue weighted by Crippen LogP contribution is 2.34. The van der Waals surface area contributed by atoms with Crippen LogP contribution in [0.15, 0.2) is 18.2 Å². The predicted molar refractivity (Wildman–Crippen MR) is 77.8 cm³/mol. The van der Waals surface area contributed by atoms with Gasteiger partial charge in [0, 0.05) is 11.6 Å². The summed E-state index contributed by atoms with van der Waals surface area (Å²) in [7, 11) is 0. The number of halogens is 1. The molecule has 0 radical (unpaired) electrons. The van der Waals surface area contributed by atoms with Crippen molar-refractivity contribution in [3.8, 4) is 0 Å². The van der Waals surface area contributed by atoms with Gasteiger partial charge in [0.25, 0.3) is 5.69 Å². The highest BCUT2D eigenvalue weighted by atomic mass is 127. The molecule has 1 unspecified atom stereocenters. The highest BCUT2D eigenvalue weighted by Gasteiger charge is 2.24. The maximum Gasteiger partial charge on any atom is 0.273 e. The third kappa shape index (κ3) is 3.39. The van der Waals surface area contributed by atoms with Crippen molar-refractivity contribution in [3.05, 3.63) is 39.4 Å². The van der Waals surface area contributed by atoms with Gasteiger partial charge in [-0.3, -0.25) is 10.1 Å². The van der Waals surface area contributed by atoms with Crippen LogP contribution in [0, 0.1) is 10.1 Å². The van der Waals surface area contributed by atoms with Crippen molar-refractivity contribution in [1.29, 1.82) is 0 Å². The number of hydrogen-bond donors (Lipinski definition) is 0. The lowest BCUT2D eigenvalue weighted by Gasteiger charge is -2.19. The Morgan fingerprint density at radius 2 is 2.06 bits per heavy atom. The number of rotatable bonds is 3. The Morgan fingerprint density at radius 3 is 2.50 bits per heavy atom. The van der Waals surface area contributed by atoms with Gasteiger partial charge in [-0.1, -0.05) is 61.2 Å². The molecular weight excluding hydrogens is 336 g/mol. The maximum atomic E-state index is 11.0. The van der Waals surface area contributed by atoms with Crippen molar-refractivity contribution in [3.63, 3.8) is 0 Å². The van der Waals surface area contributed by atoms with Crippen LogP contribution >= 0.6 is 28.3 Å². The fourth-order valence-corrected chi connectivity index (χ4v) is 3.25. The van der Waals surface area contributed by atoms with E-state index in [9.17, 15) is 10.1 Å². The molecule has 1 atom stereocenters. The Hall–Kier alpha value is -0.220. The summed E-state index contributed by atoms with van der Waals surface area (Å²) in [6.45, 7) is 5.99. The van der Waals surface area contributed by atoms with E-state index in [-0.39, 0.29) is 16.0 Å². The van der Waals surface area contributed by atoms with Crippen LogP contribution in [0.1, 0.15) is 31.9 Å². The Labute approximate surface area is 110 Å². The van der Waals surface area contributed by atoms with Gasteiger partial charge < -0.3 is 0 Å². The molecule has 1 rings (SSSR count). The Morgan fingerprint density at radius 1 is 1.44 bits per heavy atom. The molecule has 0 fully saturated rings. The number of nitro groups is 1. The zero-order valence-corrected chi connectivity index (χ0v) is 12.7. The predicted octanol–water partition coefficient (Wildman–Crippen LogP) is 4.42. The minimum absolute atomic E-state index is 0.187. The van der Waals surface area contributed by atoms with Gasteiger partial charge in [0.05, 0.1) is 4.92 Å².